The zero-order chi connectivity index (χ0) is 9.68. The van der Waals surface area contributed by atoms with E-state index in [1.54, 1.807) is 13.2 Å². The summed E-state index contributed by atoms with van der Waals surface area (Å²) in [7, 11) is 1.57. The first-order valence-corrected chi connectivity index (χ1v) is 4.88. The maximum absolute atomic E-state index is 9.45. The van der Waals surface area contributed by atoms with Gasteiger partial charge in [-0.3, -0.25) is 0 Å². The Morgan fingerprint density at radius 3 is 2.85 bits per heavy atom. The lowest BCUT2D eigenvalue weighted by Crippen LogP contribution is -1.93. The predicted octanol–water partition coefficient (Wildman–Crippen LogP) is 2.26. The van der Waals surface area contributed by atoms with Gasteiger partial charge in [-0.25, -0.2) is 0 Å². The summed E-state index contributed by atoms with van der Waals surface area (Å²) < 4.78 is 5.10. The first-order chi connectivity index (χ1) is 6.29. The van der Waals surface area contributed by atoms with Crippen molar-refractivity contribution in [1.82, 2.24) is 0 Å². The van der Waals surface area contributed by atoms with Crippen LogP contribution in [0.1, 0.15) is 12.0 Å². The summed E-state index contributed by atoms with van der Waals surface area (Å²) in [5, 5.41) is 9.45. The van der Waals surface area contributed by atoms with E-state index in [0.29, 0.717) is 5.75 Å². The lowest BCUT2D eigenvalue weighted by molar-refractivity contribution is 0.369. The van der Waals surface area contributed by atoms with Gasteiger partial charge in [-0.2, -0.15) is 12.6 Å². The fourth-order valence-corrected chi connectivity index (χ4v) is 1.43. The number of methoxy groups -OCH3 is 1. The fraction of sp³-hybridized carbons (Fsp3) is 0.400. The smallest absolute Gasteiger partial charge is 0.163 e. The summed E-state index contributed by atoms with van der Waals surface area (Å²) in [6.07, 6.45) is 1.88. The summed E-state index contributed by atoms with van der Waals surface area (Å²) >= 11 is 4.14. The van der Waals surface area contributed by atoms with Crippen molar-refractivity contribution in [2.45, 2.75) is 12.8 Å². The minimum atomic E-state index is 0.208. The maximum atomic E-state index is 9.45. The molecule has 0 aliphatic rings. The number of hydrogen-bond acceptors (Lipinski definition) is 3. The molecule has 13 heavy (non-hydrogen) atoms. The quantitative estimate of drug-likeness (QED) is 0.727. The van der Waals surface area contributed by atoms with Gasteiger partial charge in [0.15, 0.2) is 11.5 Å². The van der Waals surface area contributed by atoms with Crippen LogP contribution in [0.4, 0.5) is 0 Å². The first-order valence-electron chi connectivity index (χ1n) is 4.25. The summed E-state index contributed by atoms with van der Waals surface area (Å²) in [5.41, 5.74) is 1.04. The van der Waals surface area contributed by atoms with Gasteiger partial charge in [0.25, 0.3) is 0 Å². The zero-order valence-electron chi connectivity index (χ0n) is 7.66. The molecule has 0 saturated carbocycles. The molecule has 72 valence electrons. The molecule has 3 heteroatoms. The highest BCUT2D eigenvalue weighted by molar-refractivity contribution is 7.80. The topological polar surface area (TPSA) is 29.5 Å². The normalized spacial score (nSPS) is 10.0. The molecule has 1 rings (SSSR count). The van der Waals surface area contributed by atoms with Gasteiger partial charge in [-0.15, -0.1) is 0 Å². The second-order valence-electron chi connectivity index (χ2n) is 2.80. The minimum absolute atomic E-state index is 0.208. The van der Waals surface area contributed by atoms with E-state index in [4.69, 9.17) is 4.74 Å². The molecule has 0 atom stereocenters. The molecule has 1 aromatic rings. The van der Waals surface area contributed by atoms with E-state index < -0.39 is 0 Å². The first kappa shape index (κ1) is 10.3. The SMILES string of the molecule is COc1c(O)cccc1CCCS. The van der Waals surface area contributed by atoms with E-state index in [-0.39, 0.29) is 5.75 Å². The van der Waals surface area contributed by atoms with Crippen molar-refractivity contribution >= 4 is 12.6 Å². The predicted molar refractivity (Wildman–Crippen MR) is 56.8 cm³/mol. The second-order valence-corrected chi connectivity index (χ2v) is 3.24. The third-order valence-corrected chi connectivity index (χ3v) is 2.20. The van der Waals surface area contributed by atoms with Crippen molar-refractivity contribution in [3.8, 4) is 11.5 Å². The van der Waals surface area contributed by atoms with Crippen molar-refractivity contribution in [3.05, 3.63) is 23.8 Å². The van der Waals surface area contributed by atoms with Crippen LogP contribution in [-0.2, 0) is 6.42 Å². The standard InChI is InChI=1S/C10H14O2S/c1-12-10-8(5-3-7-13)4-2-6-9(10)11/h2,4,6,11,13H,3,5,7H2,1H3. The molecule has 2 nitrogen and oxygen atoms in total. The molecular formula is C10H14O2S. The van der Waals surface area contributed by atoms with E-state index in [2.05, 4.69) is 12.6 Å². The van der Waals surface area contributed by atoms with Crippen molar-refractivity contribution in [2.75, 3.05) is 12.9 Å². The number of rotatable bonds is 4. The number of phenols is 1. The molecular weight excluding hydrogens is 184 g/mol. The van der Waals surface area contributed by atoms with Crippen LogP contribution in [-0.4, -0.2) is 18.0 Å². The highest BCUT2D eigenvalue weighted by Gasteiger charge is 2.06. The number of thiol groups is 1. The molecule has 0 amide bonds. The largest absolute Gasteiger partial charge is 0.504 e. The van der Waals surface area contributed by atoms with Crippen LogP contribution in [0, 0.1) is 0 Å². The summed E-state index contributed by atoms with van der Waals surface area (Å²) in [4.78, 5) is 0. The Hall–Kier alpha value is -0.830. The third-order valence-electron chi connectivity index (χ3n) is 1.88. The Bertz CT molecular complexity index is 274. The van der Waals surface area contributed by atoms with Crippen molar-refractivity contribution in [2.24, 2.45) is 0 Å². The molecule has 0 unspecified atom stereocenters. The van der Waals surface area contributed by atoms with Crippen LogP contribution >= 0.6 is 12.6 Å². The molecule has 0 heterocycles. The van der Waals surface area contributed by atoms with Gasteiger partial charge in [0, 0.05) is 0 Å². The molecule has 1 N–H and O–H groups in total. The van der Waals surface area contributed by atoms with Crippen LogP contribution in [0.2, 0.25) is 0 Å². The van der Waals surface area contributed by atoms with Crippen molar-refractivity contribution < 1.29 is 9.84 Å². The Kier molecular flexibility index (Phi) is 3.96. The number of phenolic OH excluding ortho intramolecular Hbond substituents is 1. The summed E-state index contributed by atoms with van der Waals surface area (Å²) in [6.45, 7) is 0. The summed E-state index contributed by atoms with van der Waals surface area (Å²) in [6, 6.07) is 5.41. The van der Waals surface area contributed by atoms with E-state index in [1.165, 1.54) is 0 Å². The lowest BCUT2D eigenvalue weighted by Gasteiger charge is -2.08. The number of para-hydroxylation sites is 1. The Morgan fingerprint density at radius 2 is 2.23 bits per heavy atom. The molecule has 0 fully saturated rings. The van der Waals surface area contributed by atoms with Gasteiger partial charge < -0.3 is 9.84 Å². The highest BCUT2D eigenvalue weighted by atomic mass is 32.1. The van der Waals surface area contributed by atoms with Gasteiger partial charge >= 0.3 is 0 Å². The van der Waals surface area contributed by atoms with E-state index in [9.17, 15) is 5.11 Å². The Balaban J connectivity index is 2.85. The Labute approximate surface area is 84.0 Å². The third kappa shape index (κ3) is 2.56. The van der Waals surface area contributed by atoms with Gasteiger partial charge in [-0.05, 0) is 30.2 Å². The number of aryl methyl sites for hydroxylation is 1. The molecule has 0 saturated heterocycles. The van der Waals surface area contributed by atoms with Crippen LogP contribution in [0.15, 0.2) is 18.2 Å². The van der Waals surface area contributed by atoms with E-state index in [1.807, 2.05) is 12.1 Å². The van der Waals surface area contributed by atoms with Crippen LogP contribution in [0.3, 0.4) is 0 Å². The molecule has 0 aromatic heterocycles. The second kappa shape index (κ2) is 5.02. The average molecular weight is 198 g/mol. The van der Waals surface area contributed by atoms with Crippen molar-refractivity contribution in [1.29, 1.82) is 0 Å². The summed E-state index contributed by atoms with van der Waals surface area (Å²) in [5.74, 6) is 1.64. The maximum Gasteiger partial charge on any atom is 0.163 e. The number of ether oxygens (including phenoxy) is 1. The van der Waals surface area contributed by atoms with Crippen molar-refractivity contribution in [3.63, 3.8) is 0 Å². The van der Waals surface area contributed by atoms with Gasteiger partial charge in [0.05, 0.1) is 7.11 Å². The lowest BCUT2D eigenvalue weighted by atomic mass is 10.1. The fourth-order valence-electron chi connectivity index (χ4n) is 1.27. The monoisotopic (exact) mass is 198 g/mol. The minimum Gasteiger partial charge on any atom is -0.504 e. The molecule has 1 aromatic carbocycles. The van der Waals surface area contributed by atoms with Crippen LogP contribution in [0.25, 0.3) is 0 Å². The molecule has 0 bridgehead atoms. The number of hydrogen-bond donors (Lipinski definition) is 2. The average Bonchev–Trinajstić information content (AvgIpc) is 2.15. The molecule has 0 aliphatic heterocycles. The van der Waals surface area contributed by atoms with Crippen LogP contribution < -0.4 is 4.74 Å². The Morgan fingerprint density at radius 1 is 1.46 bits per heavy atom. The number of aromatic hydroxyl groups is 1. The number of benzene rings is 1. The zero-order valence-corrected chi connectivity index (χ0v) is 8.55. The van der Waals surface area contributed by atoms with Crippen LogP contribution in [0.5, 0.6) is 11.5 Å². The van der Waals surface area contributed by atoms with E-state index in [0.717, 1.165) is 24.2 Å². The van der Waals surface area contributed by atoms with Gasteiger partial charge in [0.1, 0.15) is 0 Å². The molecule has 0 aliphatic carbocycles. The molecule has 0 radical (unpaired) electrons. The van der Waals surface area contributed by atoms with E-state index >= 15 is 0 Å². The molecule has 0 spiro atoms. The van der Waals surface area contributed by atoms with Gasteiger partial charge in [0.2, 0.25) is 0 Å². The highest BCUT2D eigenvalue weighted by Crippen LogP contribution is 2.30. The van der Waals surface area contributed by atoms with Gasteiger partial charge in [-0.1, -0.05) is 12.1 Å².